The molecule has 0 saturated carbocycles. The lowest BCUT2D eigenvalue weighted by Gasteiger charge is -2.03. The highest BCUT2D eigenvalue weighted by atomic mass is 32.1. The van der Waals surface area contributed by atoms with Crippen LogP contribution in [0.2, 0.25) is 0 Å². The van der Waals surface area contributed by atoms with Gasteiger partial charge in [-0.15, -0.1) is 11.3 Å². The van der Waals surface area contributed by atoms with Crippen LogP contribution in [-0.2, 0) is 6.54 Å². The van der Waals surface area contributed by atoms with Gasteiger partial charge in [-0.25, -0.2) is 8.78 Å². The van der Waals surface area contributed by atoms with E-state index in [1.807, 2.05) is 6.07 Å². The number of halogens is 2. The van der Waals surface area contributed by atoms with Gasteiger partial charge < -0.3 is 5.73 Å². The van der Waals surface area contributed by atoms with Crippen molar-refractivity contribution >= 4 is 11.3 Å². The molecule has 0 aliphatic heterocycles. The molecule has 0 aliphatic rings. The van der Waals surface area contributed by atoms with Crippen LogP contribution in [0.3, 0.4) is 0 Å². The molecule has 1 aromatic heterocycles. The minimum absolute atomic E-state index is 0.299. The van der Waals surface area contributed by atoms with Crippen molar-refractivity contribution in [3.8, 4) is 10.4 Å². The predicted molar refractivity (Wildman–Crippen MR) is 62.3 cm³/mol. The van der Waals surface area contributed by atoms with E-state index in [4.69, 9.17) is 5.73 Å². The molecule has 0 aliphatic carbocycles. The summed E-state index contributed by atoms with van der Waals surface area (Å²) in [6, 6.07) is 6.77. The van der Waals surface area contributed by atoms with Crippen molar-refractivity contribution in [3.05, 3.63) is 46.3 Å². The number of hydrogen-bond acceptors (Lipinski definition) is 2. The maximum Gasteiger partial charge on any atom is 0.167 e. The lowest BCUT2D eigenvalue weighted by Crippen LogP contribution is -1.92. The van der Waals surface area contributed by atoms with Crippen molar-refractivity contribution in [3.63, 3.8) is 0 Å². The quantitative estimate of drug-likeness (QED) is 0.853. The van der Waals surface area contributed by atoms with Crippen LogP contribution in [0, 0.1) is 18.6 Å². The van der Waals surface area contributed by atoms with Gasteiger partial charge in [-0.1, -0.05) is 12.1 Å². The largest absolute Gasteiger partial charge is 0.326 e. The first-order valence-electron chi connectivity index (χ1n) is 4.87. The Bertz CT molecular complexity index is 520. The van der Waals surface area contributed by atoms with Crippen molar-refractivity contribution in [1.29, 1.82) is 0 Å². The summed E-state index contributed by atoms with van der Waals surface area (Å²) in [7, 11) is 0. The topological polar surface area (TPSA) is 26.0 Å². The van der Waals surface area contributed by atoms with Gasteiger partial charge in [0.15, 0.2) is 11.6 Å². The highest BCUT2D eigenvalue weighted by Crippen LogP contribution is 2.31. The first-order chi connectivity index (χ1) is 7.63. The Morgan fingerprint density at radius 3 is 2.50 bits per heavy atom. The summed E-state index contributed by atoms with van der Waals surface area (Å²) in [5.41, 5.74) is 6.09. The van der Waals surface area contributed by atoms with E-state index in [1.165, 1.54) is 11.3 Å². The summed E-state index contributed by atoms with van der Waals surface area (Å²) >= 11 is 1.38. The smallest absolute Gasteiger partial charge is 0.167 e. The monoisotopic (exact) mass is 239 g/mol. The molecule has 2 aromatic rings. The zero-order valence-corrected chi connectivity index (χ0v) is 9.57. The standard InChI is InChI=1S/C12H11F2NS/c1-7-2-4-9(12(14)11(7)13)10-5-3-8(6-15)16-10/h2-5H,6,15H2,1H3. The van der Waals surface area contributed by atoms with Crippen LogP contribution >= 0.6 is 11.3 Å². The molecular weight excluding hydrogens is 228 g/mol. The number of nitrogens with two attached hydrogens (primary N) is 1. The molecule has 0 saturated heterocycles. The van der Waals surface area contributed by atoms with Crippen molar-refractivity contribution in [1.82, 2.24) is 0 Å². The third-order valence-electron chi connectivity index (χ3n) is 2.40. The van der Waals surface area contributed by atoms with E-state index < -0.39 is 11.6 Å². The van der Waals surface area contributed by atoms with Crippen LogP contribution in [0.15, 0.2) is 24.3 Å². The number of aryl methyl sites for hydroxylation is 1. The Balaban J connectivity index is 2.52. The van der Waals surface area contributed by atoms with Crippen molar-refractivity contribution in [2.45, 2.75) is 13.5 Å². The molecule has 0 radical (unpaired) electrons. The molecular formula is C12H11F2NS. The average Bonchev–Trinajstić information content (AvgIpc) is 2.74. The van der Waals surface area contributed by atoms with Gasteiger partial charge in [-0.3, -0.25) is 0 Å². The molecule has 4 heteroatoms. The third kappa shape index (κ3) is 1.86. The Kier molecular flexibility index (Phi) is 3.03. The van der Waals surface area contributed by atoms with Crippen LogP contribution in [0.1, 0.15) is 10.4 Å². The fourth-order valence-corrected chi connectivity index (χ4v) is 2.37. The van der Waals surface area contributed by atoms with Gasteiger partial charge in [0, 0.05) is 21.9 Å². The van der Waals surface area contributed by atoms with Crippen LogP contribution < -0.4 is 5.73 Å². The molecule has 2 rings (SSSR count). The van der Waals surface area contributed by atoms with Crippen LogP contribution in [0.5, 0.6) is 0 Å². The number of thiophene rings is 1. The van der Waals surface area contributed by atoms with Crippen molar-refractivity contribution in [2.75, 3.05) is 0 Å². The lowest BCUT2D eigenvalue weighted by molar-refractivity contribution is 0.506. The molecule has 0 unspecified atom stereocenters. The lowest BCUT2D eigenvalue weighted by atomic mass is 10.1. The highest BCUT2D eigenvalue weighted by molar-refractivity contribution is 7.15. The highest BCUT2D eigenvalue weighted by Gasteiger charge is 2.13. The number of benzene rings is 1. The summed E-state index contributed by atoms with van der Waals surface area (Å²) in [5.74, 6) is -1.56. The molecule has 2 N–H and O–H groups in total. The molecule has 0 fully saturated rings. The van der Waals surface area contributed by atoms with E-state index in [-0.39, 0.29) is 0 Å². The Hall–Kier alpha value is -1.26. The number of rotatable bonds is 2. The maximum absolute atomic E-state index is 13.7. The molecule has 0 bridgehead atoms. The van der Waals surface area contributed by atoms with Crippen LogP contribution in [0.25, 0.3) is 10.4 Å². The molecule has 1 nitrogen and oxygen atoms in total. The Labute approximate surface area is 96.5 Å². The van der Waals surface area contributed by atoms with Gasteiger partial charge >= 0.3 is 0 Å². The summed E-state index contributed by atoms with van der Waals surface area (Å²) in [6.07, 6.45) is 0. The Morgan fingerprint density at radius 1 is 1.12 bits per heavy atom. The minimum Gasteiger partial charge on any atom is -0.326 e. The van der Waals surface area contributed by atoms with Gasteiger partial charge in [0.25, 0.3) is 0 Å². The van der Waals surface area contributed by atoms with E-state index in [0.29, 0.717) is 22.5 Å². The fourth-order valence-electron chi connectivity index (χ4n) is 1.47. The van der Waals surface area contributed by atoms with E-state index >= 15 is 0 Å². The molecule has 0 amide bonds. The van der Waals surface area contributed by atoms with Crippen molar-refractivity contribution in [2.24, 2.45) is 5.73 Å². The summed E-state index contributed by atoms with van der Waals surface area (Å²) < 4.78 is 27.0. The molecule has 84 valence electrons. The summed E-state index contributed by atoms with van der Waals surface area (Å²) in [6.45, 7) is 1.96. The zero-order chi connectivity index (χ0) is 11.7. The van der Waals surface area contributed by atoms with Crippen LogP contribution in [0.4, 0.5) is 8.78 Å². The molecule has 16 heavy (non-hydrogen) atoms. The van der Waals surface area contributed by atoms with Gasteiger partial charge in [-0.05, 0) is 24.6 Å². The molecule has 1 heterocycles. The normalized spacial score (nSPS) is 10.8. The number of hydrogen-bond donors (Lipinski definition) is 1. The Morgan fingerprint density at radius 2 is 1.88 bits per heavy atom. The molecule has 0 atom stereocenters. The first kappa shape index (κ1) is 11.2. The van der Waals surface area contributed by atoms with Gasteiger partial charge in [-0.2, -0.15) is 0 Å². The summed E-state index contributed by atoms with van der Waals surface area (Å²) in [5, 5.41) is 0. The van der Waals surface area contributed by atoms with Crippen molar-refractivity contribution < 1.29 is 8.78 Å². The minimum atomic E-state index is -0.787. The second kappa shape index (κ2) is 4.31. The molecule has 1 aromatic carbocycles. The second-order valence-electron chi connectivity index (χ2n) is 3.53. The van der Waals surface area contributed by atoms with E-state index in [1.54, 1.807) is 25.1 Å². The second-order valence-corrected chi connectivity index (χ2v) is 4.70. The maximum atomic E-state index is 13.7. The van der Waals surface area contributed by atoms with Gasteiger partial charge in [0.05, 0.1) is 0 Å². The first-order valence-corrected chi connectivity index (χ1v) is 5.69. The van der Waals surface area contributed by atoms with E-state index in [2.05, 4.69) is 0 Å². The third-order valence-corrected chi connectivity index (χ3v) is 3.54. The van der Waals surface area contributed by atoms with E-state index in [9.17, 15) is 8.78 Å². The van der Waals surface area contributed by atoms with E-state index in [0.717, 1.165) is 4.88 Å². The van der Waals surface area contributed by atoms with Gasteiger partial charge in [0.1, 0.15) is 0 Å². The molecule has 0 spiro atoms. The zero-order valence-electron chi connectivity index (χ0n) is 8.76. The predicted octanol–water partition coefficient (Wildman–Crippen LogP) is 3.46. The van der Waals surface area contributed by atoms with Crippen LogP contribution in [-0.4, -0.2) is 0 Å². The van der Waals surface area contributed by atoms with Gasteiger partial charge in [0.2, 0.25) is 0 Å². The SMILES string of the molecule is Cc1ccc(-c2ccc(CN)s2)c(F)c1F. The fraction of sp³-hybridized carbons (Fsp3) is 0.167. The summed E-state index contributed by atoms with van der Waals surface area (Å²) in [4.78, 5) is 1.66. The average molecular weight is 239 g/mol.